The Labute approximate surface area is 111 Å². The van der Waals surface area contributed by atoms with Crippen LogP contribution in [0.25, 0.3) is 0 Å². The first kappa shape index (κ1) is 14.3. The molecule has 5 heteroatoms. The summed E-state index contributed by atoms with van der Waals surface area (Å²) in [5.41, 5.74) is 6.40. The number of carbonyl (C=O) groups is 1. The SMILES string of the molecule is CC(C)C(N)CC(=O)Nc1cc(Cl)cc(Cl)c1. The van der Waals surface area contributed by atoms with Crippen LogP contribution >= 0.6 is 23.2 Å². The molecular formula is C12H16Cl2N2O. The second kappa shape index (κ2) is 6.24. The smallest absolute Gasteiger partial charge is 0.225 e. The molecule has 0 fully saturated rings. The largest absolute Gasteiger partial charge is 0.327 e. The zero-order chi connectivity index (χ0) is 13.0. The van der Waals surface area contributed by atoms with Gasteiger partial charge < -0.3 is 11.1 Å². The molecule has 1 rings (SSSR count). The first-order valence-electron chi connectivity index (χ1n) is 5.40. The molecular weight excluding hydrogens is 259 g/mol. The van der Waals surface area contributed by atoms with Gasteiger partial charge in [0.1, 0.15) is 0 Å². The fraction of sp³-hybridized carbons (Fsp3) is 0.417. The average molecular weight is 275 g/mol. The minimum atomic E-state index is -0.148. The number of benzene rings is 1. The minimum absolute atomic E-state index is 0.135. The third-order valence-corrected chi connectivity index (χ3v) is 2.86. The van der Waals surface area contributed by atoms with E-state index in [4.69, 9.17) is 28.9 Å². The number of nitrogens with one attached hydrogen (secondary N) is 1. The summed E-state index contributed by atoms with van der Waals surface area (Å²) in [5.74, 6) is 0.133. The molecule has 0 aromatic heterocycles. The van der Waals surface area contributed by atoms with Gasteiger partial charge in [0.15, 0.2) is 0 Å². The van der Waals surface area contributed by atoms with Crippen molar-refractivity contribution in [2.75, 3.05) is 5.32 Å². The van der Waals surface area contributed by atoms with Crippen LogP contribution in [0.15, 0.2) is 18.2 Å². The number of amides is 1. The van der Waals surface area contributed by atoms with Crippen LogP contribution in [0.1, 0.15) is 20.3 Å². The van der Waals surface area contributed by atoms with E-state index in [2.05, 4.69) is 5.32 Å². The maximum absolute atomic E-state index is 11.7. The van der Waals surface area contributed by atoms with Crippen molar-refractivity contribution in [1.29, 1.82) is 0 Å². The van der Waals surface area contributed by atoms with Crippen LogP contribution in [0, 0.1) is 5.92 Å². The summed E-state index contributed by atoms with van der Waals surface area (Å²) in [5, 5.41) is 3.70. The van der Waals surface area contributed by atoms with E-state index < -0.39 is 0 Å². The van der Waals surface area contributed by atoms with Crippen LogP contribution in [0.3, 0.4) is 0 Å². The van der Waals surface area contributed by atoms with Gasteiger partial charge in [-0.3, -0.25) is 4.79 Å². The fourth-order valence-electron chi connectivity index (χ4n) is 1.29. The van der Waals surface area contributed by atoms with Crippen molar-refractivity contribution >= 4 is 34.8 Å². The molecule has 0 heterocycles. The van der Waals surface area contributed by atoms with E-state index in [1.54, 1.807) is 18.2 Å². The number of halogens is 2. The average Bonchev–Trinajstić information content (AvgIpc) is 2.14. The van der Waals surface area contributed by atoms with Gasteiger partial charge in [-0.15, -0.1) is 0 Å². The van der Waals surface area contributed by atoms with E-state index in [1.165, 1.54) is 0 Å². The minimum Gasteiger partial charge on any atom is -0.327 e. The normalized spacial score (nSPS) is 12.6. The van der Waals surface area contributed by atoms with Gasteiger partial charge in [0, 0.05) is 28.2 Å². The quantitative estimate of drug-likeness (QED) is 0.885. The van der Waals surface area contributed by atoms with E-state index in [0.717, 1.165) is 0 Å². The van der Waals surface area contributed by atoms with Gasteiger partial charge in [0.25, 0.3) is 0 Å². The predicted octanol–water partition coefficient (Wildman–Crippen LogP) is 3.31. The number of carbonyl (C=O) groups excluding carboxylic acids is 1. The van der Waals surface area contributed by atoms with Gasteiger partial charge >= 0.3 is 0 Å². The molecule has 0 aliphatic carbocycles. The second-order valence-corrected chi connectivity index (χ2v) is 5.19. The molecule has 3 N–H and O–H groups in total. The standard InChI is InChI=1S/C12H16Cl2N2O/c1-7(2)11(15)6-12(17)16-10-4-8(13)3-9(14)5-10/h3-5,7,11H,6,15H2,1-2H3,(H,16,17). The van der Waals surface area contributed by atoms with Gasteiger partial charge in [0.05, 0.1) is 0 Å². The van der Waals surface area contributed by atoms with E-state index >= 15 is 0 Å². The van der Waals surface area contributed by atoms with Crippen LogP contribution in [-0.4, -0.2) is 11.9 Å². The van der Waals surface area contributed by atoms with Crippen molar-refractivity contribution in [3.63, 3.8) is 0 Å². The molecule has 17 heavy (non-hydrogen) atoms. The van der Waals surface area contributed by atoms with Gasteiger partial charge in [-0.25, -0.2) is 0 Å². The Bertz CT molecular complexity index is 387. The second-order valence-electron chi connectivity index (χ2n) is 4.32. The predicted molar refractivity (Wildman–Crippen MR) is 72.5 cm³/mol. The molecule has 1 unspecified atom stereocenters. The molecule has 0 saturated carbocycles. The van der Waals surface area contributed by atoms with Crippen LogP contribution < -0.4 is 11.1 Å². The third-order valence-electron chi connectivity index (χ3n) is 2.42. The van der Waals surface area contributed by atoms with Crippen molar-refractivity contribution < 1.29 is 4.79 Å². The summed E-state index contributed by atoms with van der Waals surface area (Å²) in [6, 6.07) is 4.75. The molecule has 0 radical (unpaired) electrons. The van der Waals surface area contributed by atoms with Gasteiger partial charge in [-0.05, 0) is 24.1 Å². The number of hydrogen-bond donors (Lipinski definition) is 2. The maximum Gasteiger partial charge on any atom is 0.225 e. The first-order valence-corrected chi connectivity index (χ1v) is 6.15. The topological polar surface area (TPSA) is 55.1 Å². The Balaban J connectivity index is 2.62. The summed E-state index contributed by atoms with van der Waals surface area (Å²) in [6.07, 6.45) is 0.280. The zero-order valence-corrected chi connectivity index (χ0v) is 11.3. The molecule has 94 valence electrons. The highest BCUT2D eigenvalue weighted by Crippen LogP contribution is 2.22. The van der Waals surface area contributed by atoms with Crippen molar-refractivity contribution in [2.45, 2.75) is 26.3 Å². The van der Waals surface area contributed by atoms with E-state index in [1.807, 2.05) is 13.8 Å². The summed E-state index contributed by atoms with van der Waals surface area (Å²) in [4.78, 5) is 11.7. The Morgan fingerprint density at radius 1 is 1.29 bits per heavy atom. The van der Waals surface area contributed by atoms with Crippen molar-refractivity contribution in [3.05, 3.63) is 28.2 Å². The maximum atomic E-state index is 11.7. The lowest BCUT2D eigenvalue weighted by atomic mass is 10.0. The Morgan fingerprint density at radius 3 is 2.29 bits per heavy atom. The molecule has 0 aliphatic rings. The lowest BCUT2D eigenvalue weighted by Gasteiger charge is -2.15. The molecule has 3 nitrogen and oxygen atoms in total. The third kappa shape index (κ3) is 4.94. The van der Waals surface area contributed by atoms with Crippen LogP contribution in [-0.2, 0) is 4.79 Å². The van der Waals surface area contributed by atoms with E-state index in [-0.39, 0.29) is 24.3 Å². The molecule has 0 aliphatic heterocycles. The number of nitrogens with two attached hydrogens (primary N) is 1. The van der Waals surface area contributed by atoms with Crippen molar-refractivity contribution in [1.82, 2.24) is 0 Å². The lowest BCUT2D eigenvalue weighted by Crippen LogP contribution is -2.31. The number of anilines is 1. The van der Waals surface area contributed by atoms with Gasteiger partial charge in [-0.1, -0.05) is 37.0 Å². The number of rotatable bonds is 4. The molecule has 0 spiro atoms. The summed E-state index contributed by atoms with van der Waals surface area (Å²) >= 11 is 11.7. The Kier molecular flexibility index (Phi) is 5.25. The highest BCUT2D eigenvalue weighted by molar-refractivity contribution is 6.35. The molecule has 0 saturated heterocycles. The monoisotopic (exact) mass is 274 g/mol. The number of hydrogen-bond acceptors (Lipinski definition) is 2. The molecule has 1 amide bonds. The fourth-order valence-corrected chi connectivity index (χ4v) is 1.81. The summed E-state index contributed by atoms with van der Waals surface area (Å²) in [6.45, 7) is 3.96. The molecule has 1 aromatic carbocycles. The highest BCUT2D eigenvalue weighted by Gasteiger charge is 2.13. The molecule has 1 atom stereocenters. The van der Waals surface area contributed by atoms with E-state index in [9.17, 15) is 4.79 Å². The Hall–Kier alpha value is -0.770. The summed E-state index contributed by atoms with van der Waals surface area (Å²) < 4.78 is 0. The Morgan fingerprint density at radius 2 is 1.82 bits per heavy atom. The summed E-state index contributed by atoms with van der Waals surface area (Å²) in [7, 11) is 0. The van der Waals surface area contributed by atoms with Crippen LogP contribution in [0.2, 0.25) is 10.0 Å². The zero-order valence-electron chi connectivity index (χ0n) is 9.84. The van der Waals surface area contributed by atoms with Gasteiger partial charge in [0.2, 0.25) is 5.91 Å². The van der Waals surface area contributed by atoms with Crippen molar-refractivity contribution in [2.24, 2.45) is 11.7 Å². The lowest BCUT2D eigenvalue weighted by molar-refractivity contribution is -0.116. The van der Waals surface area contributed by atoms with Gasteiger partial charge in [-0.2, -0.15) is 0 Å². The van der Waals surface area contributed by atoms with Crippen molar-refractivity contribution in [3.8, 4) is 0 Å². The van der Waals surface area contributed by atoms with Crippen LogP contribution in [0.5, 0.6) is 0 Å². The highest BCUT2D eigenvalue weighted by atomic mass is 35.5. The van der Waals surface area contributed by atoms with E-state index in [0.29, 0.717) is 15.7 Å². The van der Waals surface area contributed by atoms with Crippen LogP contribution in [0.4, 0.5) is 5.69 Å². The molecule has 1 aromatic rings. The first-order chi connectivity index (χ1) is 7.88. The molecule has 0 bridgehead atoms.